The molecule has 19 heavy (non-hydrogen) atoms. The maximum absolute atomic E-state index is 14.1. The minimum Gasteiger partial charge on any atom is -0.368 e. The summed E-state index contributed by atoms with van der Waals surface area (Å²) < 4.78 is 14.1. The van der Waals surface area contributed by atoms with Crippen LogP contribution in [0.4, 0.5) is 10.1 Å². The summed E-state index contributed by atoms with van der Waals surface area (Å²) in [7, 11) is 0. The molecule has 2 aliphatic rings. The Hall–Kier alpha value is -1.09. The second-order valence-corrected chi connectivity index (χ2v) is 5.84. The summed E-state index contributed by atoms with van der Waals surface area (Å²) in [6, 6.07) is 6.18. The Morgan fingerprint density at radius 1 is 1.26 bits per heavy atom. The van der Waals surface area contributed by atoms with Crippen molar-refractivity contribution in [3.05, 3.63) is 29.6 Å². The fourth-order valence-electron chi connectivity index (χ4n) is 2.65. The summed E-state index contributed by atoms with van der Waals surface area (Å²) >= 11 is 0. The van der Waals surface area contributed by atoms with Gasteiger partial charge in [0.1, 0.15) is 5.82 Å². The quantitative estimate of drug-likeness (QED) is 0.811. The van der Waals surface area contributed by atoms with E-state index < -0.39 is 0 Å². The molecule has 0 amide bonds. The van der Waals surface area contributed by atoms with E-state index in [4.69, 9.17) is 0 Å². The average molecular weight is 262 g/mol. The van der Waals surface area contributed by atoms with Crippen molar-refractivity contribution in [1.29, 1.82) is 0 Å². The van der Waals surface area contributed by atoms with E-state index in [1.54, 1.807) is 6.07 Å². The van der Waals surface area contributed by atoms with Gasteiger partial charge in [-0.25, -0.2) is 4.39 Å². The zero-order valence-corrected chi connectivity index (χ0v) is 11.7. The first-order valence-electron chi connectivity index (χ1n) is 7.54. The normalized spacial score (nSPS) is 18.6. The van der Waals surface area contributed by atoms with Crippen LogP contribution in [0.1, 0.15) is 38.2 Å². The molecule has 0 spiro atoms. The molecule has 0 bridgehead atoms. The van der Waals surface area contributed by atoms with Crippen molar-refractivity contribution in [2.24, 2.45) is 5.92 Å². The molecule has 2 saturated carbocycles. The number of nitrogens with one attached hydrogen (secondary N) is 1. The zero-order chi connectivity index (χ0) is 13.2. The van der Waals surface area contributed by atoms with Crippen LogP contribution < -0.4 is 10.2 Å². The Morgan fingerprint density at radius 2 is 2.05 bits per heavy atom. The summed E-state index contributed by atoms with van der Waals surface area (Å²) in [4.78, 5) is 2.47. The van der Waals surface area contributed by atoms with Crippen LogP contribution in [0.25, 0.3) is 0 Å². The number of nitrogens with zero attached hydrogens (tertiary/aromatic N) is 1. The number of rotatable bonds is 7. The molecule has 0 aliphatic heterocycles. The second-order valence-electron chi connectivity index (χ2n) is 5.84. The highest BCUT2D eigenvalue weighted by Gasteiger charge is 2.34. The lowest BCUT2D eigenvalue weighted by atomic mass is 10.1. The number of hydrogen-bond acceptors (Lipinski definition) is 2. The Morgan fingerprint density at radius 3 is 2.68 bits per heavy atom. The molecule has 0 heterocycles. The highest BCUT2D eigenvalue weighted by atomic mass is 19.1. The summed E-state index contributed by atoms with van der Waals surface area (Å²) in [5.74, 6) is 0.774. The molecule has 1 aromatic carbocycles. The van der Waals surface area contributed by atoms with Crippen LogP contribution >= 0.6 is 0 Å². The van der Waals surface area contributed by atoms with Gasteiger partial charge < -0.3 is 10.2 Å². The Bertz CT molecular complexity index is 438. The maximum atomic E-state index is 14.1. The van der Waals surface area contributed by atoms with Gasteiger partial charge in [0.2, 0.25) is 0 Å². The van der Waals surface area contributed by atoms with E-state index in [-0.39, 0.29) is 5.82 Å². The fourth-order valence-corrected chi connectivity index (χ4v) is 2.65. The highest BCUT2D eigenvalue weighted by Crippen LogP contribution is 2.39. The monoisotopic (exact) mass is 262 g/mol. The minimum absolute atomic E-state index is 0.0695. The van der Waals surface area contributed by atoms with Crippen LogP contribution in [0.2, 0.25) is 0 Å². The lowest BCUT2D eigenvalue weighted by Gasteiger charge is -2.27. The molecule has 0 saturated heterocycles. The van der Waals surface area contributed by atoms with Crippen LogP contribution in [0.15, 0.2) is 18.2 Å². The molecule has 1 N–H and O–H groups in total. The van der Waals surface area contributed by atoms with Gasteiger partial charge in [0.05, 0.1) is 0 Å². The number of hydrogen-bond donors (Lipinski definition) is 1. The second kappa shape index (κ2) is 5.49. The lowest BCUT2D eigenvalue weighted by Crippen LogP contribution is -2.30. The van der Waals surface area contributed by atoms with Gasteiger partial charge in [-0.2, -0.15) is 0 Å². The largest absolute Gasteiger partial charge is 0.368 e. The first-order chi connectivity index (χ1) is 9.29. The third-order valence-corrected chi connectivity index (χ3v) is 4.09. The average Bonchev–Trinajstić information content (AvgIpc) is 3.27. The van der Waals surface area contributed by atoms with Gasteiger partial charge in [0.25, 0.3) is 0 Å². The van der Waals surface area contributed by atoms with Crippen molar-refractivity contribution >= 4 is 5.69 Å². The summed E-state index contributed by atoms with van der Waals surface area (Å²) in [5.41, 5.74) is 1.97. The van der Waals surface area contributed by atoms with Crippen LogP contribution in [-0.4, -0.2) is 19.1 Å². The smallest absolute Gasteiger partial charge is 0.129 e. The molecule has 1 aromatic rings. The molecule has 3 rings (SSSR count). The molecule has 2 aliphatic carbocycles. The predicted molar refractivity (Wildman–Crippen MR) is 76.9 cm³/mol. The lowest BCUT2D eigenvalue weighted by molar-refractivity contribution is 0.589. The van der Waals surface area contributed by atoms with Gasteiger partial charge in [0, 0.05) is 30.4 Å². The zero-order valence-electron chi connectivity index (χ0n) is 11.7. The summed E-state index contributed by atoms with van der Waals surface area (Å²) in [6.07, 6.45) is 5.23. The van der Waals surface area contributed by atoms with Gasteiger partial charge in [0.15, 0.2) is 0 Å². The Balaban J connectivity index is 1.85. The molecule has 3 heteroatoms. The highest BCUT2D eigenvalue weighted by molar-refractivity contribution is 5.56. The summed E-state index contributed by atoms with van der Waals surface area (Å²) in [5, 5.41) is 3.26. The van der Waals surface area contributed by atoms with Gasteiger partial charge in [-0.05, 0) is 50.3 Å². The number of halogens is 1. The van der Waals surface area contributed by atoms with Crippen molar-refractivity contribution in [3.63, 3.8) is 0 Å². The third kappa shape index (κ3) is 3.08. The van der Waals surface area contributed by atoms with Gasteiger partial charge in [-0.15, -0.1) is 0 Å². The number of anilines is 1. The Labute approximate surface area is 115 Å². The third-order valence-electron chi connectivity index (χ3n) is 4.09. The summed E-state index contributed by atoms with van der Waals surface area (Å²) in [6.45, 7) is 4.68. The van der Waals surface area contributed by atoms with Gasteiger partial charge >= 0.3 is 0 Å². The molecule has 104 valence electrons. The molecule has 0 radical (unpaired) electrons. The first-order valence-corrected chi connectivity index (χ1v) is 7.54. The molecule has 0 atom stereocenters. The van der Waals surface area contributed by atoms with E-state index in [0.29, 0.717) is 12.6 Å². The maximum Gasteiger partial charge on any atom is 0.129 e. The van der Waals surface area contributed by atoms with E-state index in [1.165, 1.54) is 25.7 Å². The molecule has 2 fully saturated rings. The van der Waals surface area contributed by atoms with Crippen LogP contribution in [-0.2, 0) is 6.54 Å². The van der Waals surface area contributed by atoms with Crippen molar-refractivity contribution in [2.75, 3.05) is 18.0 Å². The predicted octanol–water partition coefficient (Wildman–Crippen LogP) is 3.31. The van der Waals surface area contributed by atoms with E-state index in [0.717, 1.165) is 30.3 Å². The van der Waals surface area contributed by atoms with E-state index >= 15 is 0 Å². The van der Waals surface area contributed by atoms with Crippen molar-refractivity contribution in [2.45, 2.75) is 45.2 Å². The molecule has 0 aromatic heterocycles. The van der Waals surface area contributed by atoms with E-state index in [1.807, 2.05) is 6.07 Å². The minimum atomic E-state index is -0.0695. The first kappa shape index (κ1) is 12.9. The van der Waals surface area contributed by atoms with Gasteiger partial charge in [-0.3, -0.25) is 0 Å². The molecular formula is C16H23FN2. The van der Waals surface area contributed by atoms with E-state index in [9.17, 15) is 4.39 Å². The molecular weight excluding hydrogens is 239 g/mol. The molecule has 2 nitrogen and oxygen atoms in total. The standard InChI is InChI=1S/C16H23FN2/c1-2-18-10-14-15(17)4-3-5-16(14)19(13-8-9-13)11-12-6-7-12/h3-5,12-13,18H,2,6-11H2,1H3. The Kier molecular flexibility index (Phi) is 3.74. The van der Waals surface area contributed by atoms with Crippen LogP contribution in [0, 0.1) is 11.7 Å². The van der Waals surface area contributed by atoms with Gasteiger partial charge in [-0.1, -0.05) is 13.0 Å². The van der Waals surface area contributed by atoms with E-state index in [2.05, 4.69) is 23.2 Å². The number of benzene rings is 1. The van der Waals surface area contributed by atoms with Crippen LogP contribution in [0.3, 0.4) is 0 Å². The SMILES string of the molecule is CCNCc1c(F)cccc1N(CC1CC1)C1CC1. The van der Waals surface area contributed by atoms with Crippen molar-refractivity contribution in [1.82, 2.24) is 5.32 Å². The van der Waals surface area contributed by atoms with Crippen LogP contribution in [0.5, 0.6) is 0 Å². The topological polar surface area (TPSA) is 15.3 Å². The van der Waals surface area contributed by atoms with Crippen molar-refractivity contribution < 1.29 is 4.39 Å². The molecule has 0 unspecified atom stereocenters. The van der Waals surface area contributed by atoms with Crippen molar-refractivity contribution in [3.8, 4) is 0 Å². The fraction of sp³-hybridized carbons (Fsp3) is 0.625.